The minimum atomic E-state index is -1.06. The monoisotopic (exact) mass is 293 g/mol. The van der Waals surface area contributed by atoms with Crippen molar-refractivity contribution in [1.29, 1.82) is 0 Å². The normalized spacial score (nSPS) is 18.5. The molecule has 6 heteroatoms. The molecule has 0 N–H and O–H groups in total. The molecule has 0 unspecified atom stereocenters. The van der Waals surface area contributed by atoms with Gasteiger partial charge in [-0.2, -0.15) is 0 Å². The summed E-state index contributed by atoms with van der Waals surface area (Å²) in [7, 11) is 0. The number of carbonyl (C=O) groups is 1. The van der Waals surface area contributed by atoms with Crippen molar-refractivity contribution >= 4 is 39.3 Å². The van der Waals surface area contributed by atoms with Crippen LogP contribution in [-0.2, 0) is 17.6 Å². The topological polar surface area (TPSA) is 65.9 Å². The van der Waals surface area contributed by atoms with Gasteiger partial charge in [0.2, 0.25) is 0 Å². The Morgan fingerprint density at radius 1 is 1.58 bits per heavy atom. The van der Waals surface area contributed by atoms with E-state index in [4.69, 9.17) is 0 Å². The van der Waals surface area contributed by atoms with Gasteiger partial charge in [0.15, 0.2) is 0 Å². The number of hydrogen-bond donors (Lipinski definition) is 0. The molecule has 0 amide bonds. The second kappa shape index (κ2) is 5.09. The average Bonchev–Trinajstić information content (AvgIpc) is 2.73. The molecule has 1 aliphatic rings. The second-order valence-corrected chi connectivity index (χ2v) is 6.92. The number of thioether (sulfide) groups is 1. The van der Waals surface area contributed by atoms with Gasteiger partial charge in [-0.25, -0.2) is 9.97 Å². The second-order valence-electron chi connectivity index (χ2n) is 4.87. The lowest BCUT2D eigenvalue weighted by molar-refractivity contribution is -0.301. The third-order valence-corrected chi connectivity index (χ3v) is 5.51. The third kappa shape index (κ3) is 2.47. The summed E-state index contributed by atoms with van der Waals surface area (Å²) >= 11 is 2.95. The Bertz CT molecular complexity index is 639. The van der Waals surface area contributed by atoms with Crippen molar-refractivity contribution in [2.45, 2.75) is 31.2 Å². The predicted molar refractivity (Wildman–Crippen MR) is 74.3 cm³/mol. The molecule has 0 spiro atoms. The molecule has 0 radical (unpaired) electrons. The molecule has 1 atom stereocenters. The van der Waals surface area contributed by atoms with E-state index >= 15 is 0 Å². The van der Waals surface area contributed by atoms with Crippen LogP contribution >= 0.6 is 23.1 Å². The van der Waals surface area contributed by atoms with Crippen molar-refractivity contribution in [2.24, 2.45) is 5.92 Å². The first-order chi connectivity index (χ1) is 9.15. The molecular formula is C13H13N2O2S2-. The smallest absolute Gasteiger partial charge is 0.128 e. The Hall–Kier alpha value is -1.14. The summed E-state index contributed by atoms with van der Waals surface area (Å²) in [6.45, 7) is 2.27. The van der Waals surface area contributed by atoms with E-state index in [1.165, 1.54) is 35.0 Å². The maximum atomic E-state index is 10.6. The highest BCUT2D eigenvalue weighted by Gasteiger charge is 2.22. The first kappa shape index (κ1) is 12.9. The fourth-order valence-electron chi connectivity index (χ4n) is 2.48. The molecule has 0 aliphatic heterocycles. The van der Waals surface area contributed by atoms with Crippen LogP contribution in [0.4, 0.5) is 0 Å². The lowest BCUT2D eigenvalue weighted by Gasteiger charge is -2.18. The Morgan fingerprint density at radius 3 is 3.21 bits per heavy atom. The van der Waals surface area contributed by atoms with Gasteiger partial charge in [-0.05, 0) is 30.7 Å². The largest absolute Gasteiger partial charge is 0.549 e. The van der Waals surface area contributed by atoms with Gasteiger partial charge in [0.1, 0.15) is 16.2 Å². The number of aromatic nitrogens is 2. The van der Waals surface area contributed by atoms with Gasteiger partial charge in [0.05, 0.1) is 5.97 Å². The van der Waals surface area contributed by atoms with Crippen molar-refractivity contribution in [1.82, 2.24) is 9.97 Å². The summed E-state index contributed by atoms with van der Waals surface area (Å²) in [5.74, 6) is -0.407. The molecule has 0 saturated carbocycles. The molecule has 0 bridgehead atoms. The number of hydrogen-bond acceptors (Lipinski definition) is 6. The molecule has 0 fully saturated rings. The van der Waals surface area contributed by atoms with E-state index in [0.717, 1.165) is 28.1 Å². The molecule has 2 aromatic heterocycles. The van der Waals surface area contributed by atoms with E-state index in [0.29, 0.717) is 5.92 Å². The van der Waals surface area contributed by atoms with Gasteiger partial charge in [-0.15, -0.1) is 11.3 Å². The van der Waals surface area contributed by atoms with Gasteiger partial charge in [-0.1, -0.05) is 18.7 Å². The number of aryl methyl sites for hydroxylation is 1. The van der Waals surface area contributed by atoms with Crippen molar-refractivity contribution in [2.75, 3.05) is 5.75 Å². The number of carbonyl (C=O) groups excluding carboxylic acids is 1. The lowest BCUT2D eigenvalue weighted by Crippen LogP contribution is -2.24. The Labute approximate surface area is 119 Å². The van der Waals surface area contributed by atoms with Crippen molar-refractivity contribution in [3.05, 3.63) is 16.8 Å². The molecule has 0 saturated heterocycles. The standard InChI is InChI=1S/C13H14N2O2S2/c1-7-2-3-8-9(4-7)19-13-11(8)12(14-6-15-13)18-5-10(16)17/h6-7H,2-5H2,1H3,(H,16,17)/p-1/t7-/m1/s1. The van der Waals surface area contributed by atoms with Crippen molar-refractivity contribution in [3.63, 3.8) is 0 Å². The van der Waals surface area contributed by atoms with Crippen LogP contribution in [0, 0.1) is 5.92 Å². The SMILES string of the molecule is C[C@@H]1CCc2c(sc3ncnc(SCC(=O)[O-])c23)C1. The van der Waals surface area contributed by atoms with Crippen LogP contribution in [0.25, 0.3) is 10.2 Å². The lowest BCUT2D eigenvalue weighted by atomic mass is 9.89. The van der Waals surface area contributed by atoms with Crippen LogP contribution in [0.15, 0.2) is 11.4 Å². The summed E-state index contributed by atoms with van der Waals surface area (Å²) in [5.41, 5.74) is 1.33. The predicted octanol–water partition coefficient (Wildman–Crippen LogP) is 1.66. The van der Waals surface area contributed by atoms with E-state index < -0.39 is 5.97 Å². The highest BCUT2D eigenvalue weighted by atomic mass is 32.2. The average molecular weight is 293 g/mol. The summed E-state index contributed by atoms with van der Waals surface area (Å²) in [5, 5.41) is 12.5. The number of rotatable bonds is 3. The minimum absolute atomic E-state index is 0.0624. The number of nitrogens with zero attached hydrogens (tertiary/aromatic N) is 2. The molecule has 4 nitrogen and oxygen atoms in total. The van der Waals surface area contributed by atoms with Crippen LogP contribution in [0.2, 0.25) is 0 Å². The van der Waals surface area contributed by atoms with Crippen molar-refractivity contribution < 1.29 is 9.90 Å². The van der Waals surface area contributed by atoms with Crippen LogP contribution in [-0.4, -0.2) is 21.7 Å². The zero-order chi connectivity index (χ0) is 13.4. The highest BCUT2D eigenvalue weighted by Crippen LogP contribution is 2.40. The van der Waals surface area contributed by atoms with Gasteiger partial charge in [-0.3, -0.25) is 0 Å². The number of thiophene rings is 1. The van der Waals surface area contributed by atoms with Gasteiger partial charge >= 0.3 is 0 Å². The molecule has 2 heterocycles. The molecule has 1 aliphatic carbocycles. The van der Waals surface area contributed by atoms with E-state index in [9.17, 15) is 9.90 Å². The number of carboxylic acids is 1. The van der Waals surface area contributed by atoms with Gasteiger partial charge in [0, 0.05) is 16.0 Å². The molecule has 3 rings (SSSR count). The summed E-state index contributed by atoms with van der Waals surface area (Å²) in [4.78, 5) is 21.6. The van der Waals surface area contributed by atoms with E-state index in [2.05, 4.69) is 16.9 Å². The molecule has 2 aromatic rings. The highest BCUT2D eigenvalue weighted by molar-refractivity contribution is 8.00. The maximum absolute atomic E-state index is 10.6. The molecule has 0 aromatic carbocycles. The number of fused-ring (bicyclic) bond motifs is 3. The number of carboxylic acid groups (broad SMARTS) is 1. The van der Waals surface area contributed by atoms with E-state index in [-0.39, 0.29) is 5.75 Å². The Balaban J connectivity index is 2.06. The van der Waals surface area contributed by atoms with E-state index in [1.54, 1.807) is 11.3 Å². The van der Waals surface area contributed by atoms with Crippen LogP contribution in [0.5, 0.6) is 0 Å². The first-order valence-electron chi connectivity index (χ1n) is 6.23. The Morgan fingerprint density at radius 2 is 2.42 bits per heavy atom. The molecular weight excluding hydrogens is 280 g/mol. The van der Waals surface area contributed by atoms with Crippen LogP contribution < -0.4 is 5.11 Å². The maximum Gasteiger partial charge on any atom is 0.128 e. The summed E-state index contributed by atoms with van der Waals surface area (Å²) in [6.07, 6.45) is 4.84. The Kier molecular flexibility index (Phi) is 3.45. The fraction of sp³-hybridized carbons (Fsp3) is 0.462. The van der Waals surface area contributed by atoms with Gasteiger partial charge in [0.25, 0.3) is 0 Å². The van der Waals surface area contributed by atoms with Crippen LogP contribution in [0.3, 0.4) is 0 Å². The summed E-state index contributed by atoms with van der Waals surface area (Å²) < 4.78 is 0. The van der Waals surface area contributed by atoms with E-state index in [1.807, 2.05) is 0 Å². The fourth-order valence-corrected chi connectivity index (χ4v) is 4.64. The van der Waals surface area contributed by atoms with Crippen molar-refractivity contribution in [3.8, 4) is 0 Å². The quantitative estimate of drug-likeness (QED) is 0.636. The molecule has 19 heavy (non-hydrogen) atoms. The third-order valence-electron chi connectivity index (χ3n) is 3.38. The number of aliphatic carboxylic acids is 1. The molecule has 100 valence electrons. The minimum Gasteiger partial charge on any atom is -0.549 e. The van der Waals surface area contributed by atoms with Crippen LogP contribution in [0.1, 0.15) is 23.8 Å². The first-order valence-corrected chi connectivity index (χ1v) is 8.03. The van der Waals surface area contributed by atoms with Gasteiger partial charge < -0.3 is 9.90 Å². The zero-order valence-corrected chi connectivity index (χ0v) is 12.1. The summed E-state index contributed by atoms with van der Waals surface area (Å²) in [6, 6.07) is 0. The zero-order valence-electron chi connectivity index (χ0n) is 10.5.